The second kappa shape index (κ2) is 8.64. The molecule has 5 aromatic rings. The molecule has 5 rings (SSSR count). The van der Waals surface area contributed by atoms with Crippen molar-refractivity contribution < 1.29 is 9.15 Å². The number of hydrogen-bond acceptors (Lipinski definition) is 8. The highest BCUT2D eigenvalue weighted by Gasteiger charge is 2.17. The molecule has 0 bridgehead atoms. The van der Waals surface area contributed by atoms with E-state index in [0.29, 0.717) is 23.0 Å². The third-order valence-corrected chi connectivity index (χ3v) is 6.88. The van der Waals surface area contributed by atoms with E-state index in [-0.39, 0.29) is 5.56 Å². The summed E-state index contributed by atoms with van der Waals surface area (Å²) < 4.78 is 14.4. The smallest absolute Gasteiger partial charge is 0.258 e. The van der Waals surface area contributed by atoms with Crippen LogP contribution in [0.5, 0.6) is 5.75 Å². The van der Waals surface area contributed by atoms with E-state index in [1.54, 1.807) is 23.8 Å². The molecule has 0 aliphatic heterocycles. The van der Waals surface area contributed by atoms with Crippen molar-refractivity contribution in [3.05, 3.63) is 81.6 Å². The summed E-state index contributed by atoms with van der Waals surface area (Å²) >= 11 is 2.95. The summed E-state index contributed by atoms with van der Waals surface area (Å²) in [5, 5.41) is 11.5. The van der Waals surface area contributed by atoms with Gasteiger partial charge >= 0.3 is 0 Å². The highest BCUT2D eigenvalue weighted by Crippen LogP contribution is 2.28. The van der Waals surface area contributed by atoms with Gasteiger partial charge in [-0.2, -0.15) is 0 Å². The number of furan rings is 1. The molecular weight excluding hydrogens is 446 g/mol. The van der Waals surface area contributed by atoms with E-state index >= 15 is 0 Å². The van der Waals surface area contributed by atoms with Crippen LogP contribution in [-0.4, -0.2) is 31.3 Å². The Morgan fingerprint density at radius 2 is 2.03 bits per heavy atom. The lowest BCUT2D eigenvalue weighted by molar-refractivity contribution is 0.415. The van der Waals surface area contributed by atoms with Crippen LogP contribution in [0.1, 0.15) is 17.1 Å². The van der Waals surface area contributed by atoms with Gasteiger partial charge in [0.2, 0.25) is 0 Å². The number of aryl methyl sites for hydroxylation is 1. The predicted molar refractivity (Wildman–Crippen MR) is 123 cm³/mol. The molecule has 0 saturated carbocycles. The number of hydrogen-bond donors (Lipinski definition) is 0. The molecule has 0 spiro atoms. The molecule has 0 saturated heterocycles. The maximum atomic E-state index is 12.5. The van der Waals surface area contributed by atoms with Crippen LogP contribution in [0, 0.1) is 6.92 Å². The zero-order chi connectivity index (χ0) is 22.1. The van der Waals surface area contributed by atoms with E-state index in [0.717, 1.165) is 33.7 Å². The molecule has 162 valence electrons. The number of fused-ring (bicyclic) bond motifs is 1. The van der Waals surface area contributed by atoms with Gasteiger partial charge in [0.25, 0.3) is 5.56 Å². The standard InChI is InChI=1S/C22H19N5O3S2/c1-14-12-31-21-23-16(10-19(28)27(14)21)13-32-22-25-24-20(15-5-7-17(29-2)8-6-15)26(22)11-18-4-3-9-30-18/h3-10,12H,11,13H2,1-2H3. The molecule has 0 unspecified atom stereocenters. The van der Waals surface area contributed by atoms with Crippen molar-refractivity contribution in [2.24, 2.45) is 0 Å². The summed E-state index contributed by atoms with van der Waals surface area (Å²) in [6.45, 7) is 2.39. The second-order valence-corrected chi connectivity index (χ2v) is 8.85. The van der Waals surface area contributed by atoms with Gasteiger partial charge in [-0.25, -0.2) is 4.98 Å². The summed E-state index contributed by atoms with van der Waals surface area (Å²) in [5.41, 5.74) is 2.45. The zero-order valence-electron chi connectivity index (χ0n) is 17.4. The first-order valence-electron chi connectivity index (χ1n) is 9.82. The summed E-state index contributed by atoms with van der Waals surface area (Å²) in [6, 6.07) is 13.0. The number of aromatic nitrogens is 5. The van der Waals surface area contributed by atoms with Crippen LogP contribution < -0.4 is 10.3 Å². The normalized spacial score (nSPS) is 11.3. The average Bonchev–Trinajstić information content (AvgIpc) is 3.54. The molecule has 0 amide bonds. The minimum atomic E-state index is -0.0691. The number of benzene rings is 1. The Bertz CT molecular complexity index is 1420. The molecule has 10 heteroatoms. The SMILES string of the molecule is COc1ccc(-c2nnc(SCc3cc(=O)n4c(C)csc4n3)n2Cc2ccco2)cc1. The van der Waals surface area contributed by atoms with Crippen molar-refractivity contribution in [2.45, 2.75) is 24.4 Å². The maximum absolute atomic E-state index is 12.5. The van der Waals surface area contributed by atoms with Crippen LogP contribution in [-0.2, 0) is 12.3 Å². The van der Waals surface area contributed by atoms with Crippen molar-refractivity contribution in [2.75, 3.05) is 7.11 Å². The molecule has 4 heterocycles. The van der Waals surface area contributed by atoms with E-state index in [4.69, 9.17) is 9.15 Å². The summed E-state index contributed by atoms with van der Waals surface area (Å²) in [4.78, 5) is 17.8. The van der Waals surface area contributed by atoms with Crippen LogP contribution in [0.3, 0.4) is 0 Å². The Kier molecular flexibility index (Phi) is 5.54. The summed E-state index contributed by atoms with van der Waals surface area (Å²) in [7, 11) is 1.64. The number of rotatable bonds is 7. The first kappa shape index (κ1) is 20.5. The van der Waals surface area contributed by atoms with Crippen LogP contribution in [0.2, 0.25) is 0 Å². The average molecular weight is 466 g/mol. The van der Waals surface area contributed by atoms with Crippen LogP contribution >= 0.6 is 23.1 Å². The lowest BCUT2D eigenvalue weighted by Crippen LogP contribution is -2.14. The molecule has 0 aliphatic rings. The lowest BCUT2D eigenvalue weighted by atomic mass is 10.2. The van der Waals surface area contributed by atoms with E-state index in [1.165, 1.54) is 23.1 Å². The van der Waals surface area contributed by atoms with Crippen LogP contribution in [0.4, 0.5) is 0 Å². The molecule has 0 radical (unpaired) electrons. The second-order valence-electron chi connectivity index (χ2n) is 7.07. The fourth-order valence-corrected chi connectivity index (χ4v) is 5.08. The fraction of sp³-hybridized carbons (Fsp3) is 0.182. The first-order chi connectivity index (χ1) is 15.6. The zero-order valence-corrected chi connectivity index (χ0v) is 19.0. The van der Waals surface area contributed by atoms with E-state index < -0.39 is 0 Å². The Hall–Kier alpha value is -3.37. The van der Waals surface area contributed by atoms with Crippen molar-refractivity contribution >= 4 is 28.1 Å². The largest absolute Gasteiger partial charge is 0.497 e. The Balaban J connectivity index is 1.46. The molecular formula is C22H19N5O3S2. The number of nitrogens with zero attached hydrogens (tertiary/aromatic N) is 5. The van der Waals surface area contributed by atoms with Gasteiger partial charge < -0.3 is 9.15 Å². The predicted octanol–water partition coefficient (Wildman–Crippen LogP) is 4.27. The summed E-state index contributed by atoms with van der Waals surface area (Å²) in [5.74, 6) is 2.80. The van der Waals surface area contributed by atoms with Gasteiger partial charge in [0, 0.05) is 28.5 Å². The molecule has 4 aromatic heterocycles. The number of thiazole rings is 1. The first-order valence-corrected chi connectivity index (χ1v) is 11.7. The molecule has 8 nitrogen and oxygen atoms in total. The molecule has 0 N–H and O–H groups in total. The summed E-state index contributed by atoms with van der Waals surface area (Å²) in [6.07, 6.45) is 1.65. The monoisotopic (exact) mass is 465 g/mol. The molecule has 0 atom stereocenters. The maximum Gasteiger partial charge on any atom is 0.258 e. The number of methoxy groups -OCH3 is 1. The minimum Gasteiger partial charge on any atom is -0.497 e. The van der Waals surface area contributed by atoms with Crippen molar-refractivity contribution in [3.63, 3.8) is 0 Å². The van der Waals surface area contributed by atoms with Gasteiger partial charge in [-0.05, 0) is 43.3 Å². The van der Waals surface area contributed by atoms with Gasteiger partial charge in [-0.15, -0.1) is 21.5 Å². The van der Waals surface area contributed by atoms with E-state index in [9.17, 15) is 4.79 Å². The molecule has 1 aromatic carbocycles. The number of thioether (sulfide) groups is 1. The lowest BCUT2D eigenvalue weighted by Gasteiger charge is -2.09. The van der Waals surface area contributed by atoms with Crippen LogP contribution in [0.25, 0.3) is 16.3 Å². The third kappa shape index (κ3) is 3.94. The highest BCUT2D eigenvalue weighted by atomic mass is 32.2. The molecule has 0 fully saturated rings. The minimum absolute atomic E-state index is 0.0691. The van der Waals surface area contributed by atoms with E-state index in [2.05, 4.69) is 15.2 Å². The van der Waals surface area contributed by atoms with Crippen LogP contribution in [0.15, 0.2) is 68.5 Å². The fourth-order valence-electron chi connectivity index (χ4n) is 3.36. The Morgan fingerprint density at radius 1 is 1.19 bits per heavy atom. The molecule has 0 aliphatic carbocycles. The quantitative estimate of drug-likeness (QED) is 0.332. The van der Waals surface area contributed by atoms with Crippen molar-refractivity contribution in [1.29, 1.82) is 0 Å². The van der Waals surface area contributed by atoms with Gasteiger partial charge in [-0.1, -0.05) is 11.8 Å². The molecule has 32 heavy (non-hydrogen) atoms. The van der Waals surface area contributed by atoms with Crippen molar-refractivity contribution in [3.8, 4) is 17.1 Å². The number of ether oxygens (including phenoxy) is 1. The highest BCUT2D eigenvalue weighted by molar-refractivity contribution is 7.98. The topological polar surface area (TPSA) is 87.5 Å². The van der Waals surface area contributed by atoms with Gasteiger partial charge in [-0.3, -0.25) is 13.8 Å². The van der Waals surface area contributed by atoms with Gasteiger partial charge in [0.1, 0.15) is 11.5 Å². The van der Waals surface area contributed by atoms with Gasteiger partial charge in [0.05, 0.1) is 25.6 Å². The third-order valence-electron chi connectivity index (χ3n) is 4.94. The Morgan fingerprint density at radius 3 is 2.78 bits per heavy atom. The van der Waals surface area contributed by atoms with Gasteiger partial charge in [0.15, 0.2) is 15.9 Å². The Labute approximate surface area is 191 Å². The van der Waals surface area contributed by atoms with E-state index in [1.807, 2.05) is 53.3 Å². The van der Waals surface area contributed by atoms with Crippen molar-refractivity contribution in [1.82, 2.24) is 24.1 Å².